The number of likely N-dealkylation sites (tertiary alicyclic amines) is 1. The number of ether oxygens (including phenoxy) is 1. The van der Waals surface area contributed by atoms with Crippen molar-refractivity contribution in [1.82, 2.24) is 15.1 Å². The molecule has 4 aliphatic rings. The normalized spacial score (nSPS) is 27.8. The Morgan fingerprint density at radius 2 is 1.94 bits per heavy atom. The van der Waals surface area contributed by atoms with Gasteiger partial charge in [-0.25, -0.2) is 0 Å². The largest absolute Gasteiger partial charge is 0.462 e. The lowest BCUT2D eigenvalue weighted by atomic mass is 9.75. The number of rotatable bonds is 5. The number of esters is 1. The first-order valence-electron chi connectivity index (χ1n) is 12.5. The van der Waals surface area contributed by atoms with E-state index >= 15 is 0 Å². The molecule has 0 aliphatic carbocycles. The lowest BCUT2D eigenvalue weighted by Gasteiger charge is -2.37. The lowest BCUT2D eigenvalue weighted by Crippen LogP contribution is -2.50. The van der Waals surface area contributed by atoms with Crippen molar-refractivity contribution in [2.75, 3.05) is 57.3 Å². The molecule has 2 atom stereocenters. The highest BCUT2D eigenvalue weighted by Gasteiger charge is 2.51. The minimum Gasteiger partial charge on any atom is -0.462 e. The van der Waals surface area contributed by atoms with Crippen molar-refractivity contribution in [3.05, 3.63) is 29.3 Å². The minimum atomic E-state index is -0.379. The summed E-state index contributed by atoms with van der Waals surface area (Å²) in [4.78, 5) is 32.3. The first-order chi connectivity index (χ1) is 16.0. The number of anilines is 1. The molecule has 4 fully saturated rings. The number of hydrogen-bond donors (Lipinski definition) is 1. The van der Waals surface area contributed by atoms with Crippen LogP contribution in [0.25, 0.3) is 0 Å². The molecular weight excluding hydrogens is 440 g/mol. The Bertz CT molecular complexity index is 859. The predicted octanol–water partition coefficient (Wildman–Crippen LogP) is 2.53. The van der Waals surface area contributed by atoms with Gasteiger partial charge in [0.25, 0.3) is 0 Å². The van der Waals surface area contributed by atoms with Crippen LogP contribution in [0.3, 0.4) is 0 Å². The fourth-order valence-electron chi connectivity index (χ4n) is 5.91. The quantitative estimate of drug-likeness (QED) is 0.661. The number of carbonyl (C=O) groups excluding carboxylic acids is 2. The van der Waals surface area contributed by atoms with Crippen molar-refractivity contribution in [2.24, 2.45) is 5.41 Å². The first kappa shape index (κ1) is 22.9. The Morgan fingerprint density at radius 1 is 1.15 bits per heavy atom. The maximum atomic E-state index is 12.8. The average molecular weight is 475 g/mol. The Kier molecular flexibility index (Phi) is 6.81. The monoisotopic (exact) mass is 474 g/mol. The van der Waals surface area contributed by atoms with Crippen molar-refractivity contribution in [3.8, 4) is 0 Å². The molecule has 0 aromatic heterocycles. The van der Waals surface area contributed by atoms with E-state index in [4.69, 9.17) is 16.3 Å². The summed E-state index contributed by atoms with van der Waals surface area (Å²) >= 11 is 6.14. The highest BCUT2D eigenvalue weighted by atomic mass is 35.5. The summed E-state index contributed by atoms with van der Waals surface area (Å²) in [7, 11) is 0. The van der Waals surface area contributed by atoms with E-state index in [-0.39, 0.29) is 29.4 Å². The van der Waals surface area contributed by atoms with Crippen molar-refractivity contribution in [3.63, 3.8) is 0 Å². The van der Waals surface area contributed by atoms with E-state index in [0.29, 0.717) is 13.1 Å². The topological polar surface area (TPSA) is 65.1 Å². The predicted molar refractivity (Wildman–Crippen MR) is 128 cm³/mol. The molecule has 33 heavy (non-hydrogen) atoms. The number of benzene rings is 1. The zero-order chi connectivity index (χ0) is 22.8. The molecule has 0 radical (unpaired) electrons. The number of piperazine rings is 1. The van der Waals surface area contributed by atoms with Crippen LogP contribution in [0, 0.1) is 5.41 Å². The molecule has 0 bridgehead atoms. The Balaban J connectivity index is 1.06. The van der Waals surface area contributed by atoms with Gasteiger partial charge in [-0.05, 0) is 56.8 Å². The molecular formula is C25H35ClN4O3. The molecule has 4 aliphatic heterocycles. The summed E-state index contributed by atoms with van der Waals surface area (Å²) in [5.74, 6) is 0.173. The van der Waals surface area contributed by atoms with Gasteiger partial charge in [-0.2, -0.15) is 0 Å². The van der Waals surface area contributed by atoms with Gasteiger partial charge in [0.15, 0.2) is 0 Å². The van der Waals surface area contributed by atoms with Crippen LogP contribution in [0.15, 0.2) is 24.3 Å². The van der Waals surface area contributed by atoms with Gasteiger partial charge in [0.2, 0.25) is 5.91 Å². The number of amides is 1. The average Bonchev–Trinajstić information content (AvgIpc) is 3.47. The van der Waals surface area contributed by atoms with E-state index in [9.17, 15) is 9.59 Å². The smallest absolute Gasteiger partial charge is 0.312 e. The molecule has 180 valence electrons. The maximum Gasteiger partial charge on any atom is 0.312 e. The summed E-state index contributed by atoms with van der Waals surface area (Å²) < 4.78 is 5.84. The van der Waals surface area contributed by atoms with E-state index in [1.807, 2.05) is 23.1 Å². The van der Waals surface area contributed by atoms with Crippen LogP contribution in [0.2, 0.25) is 5.02 Å². The molecule has 0 saturated carbocycles. The van der Waals surface area contributed by atoms with E-state index in [1.54, 1.807) is 0 Å². The minimum absolute atomic E-state index is 0.00205. The molecule has 1 unspecified atom stereocenters. The SMILES string of the molecule is O=C(C1CCCN1)N1CCC2(CC1)C[C@H](CCN1CCN(c3cccc(Cl)c3)CC1)OC2=O. The third kappa shape index (κ3) is 5.00. The molecule has 1 spiro atoms. The summed E-state index contributed by atoms with van der Waals surface area (Å²) in [6, 6.07) is 8.02. The van der Waals surface area contributed by atoms with Crippen LogP contribution in [-0.4, -0.2) is 86.2 Å². The number of cyclic esters (lactones) is 1. The number of halogens is 1. The van der Waals surface area contributed by atoms with Crippen molar-refractivity contribution in [1.29, 1.82) is 0 Å². The van der Waals surface area contributed by atoms with E-state index in [0.717, 1.165) is 82.8 Å². The van der Waals surface area contributed by atoms with Gasteiger partial charge in [-0.3, -0.25) is 14.5 Å². The highest BCUT2D eigenvalue weighted by Crippen LogP contribution is 2.44. The van der Waals surface area contributed by atoms with Crippen LogP contribution in [0.4, 0.5) is 5.69 Å². The van der Waals surface area contributed by atoms with Crippen LogP contribution < -0.4 is 10.2 Å². The summed E-state index contributed by atoms with van der Waals surface area (Å²) in [6.45, 7) is 7.19. The highest BCUT2D eigenvalue weighted by molar-refractivity contribution is 6.30. The third-order valence-corrected chi connectivity index (χ3v) is 8.26. The second-order valence-electron chi connectivity index (χ2n) is 10.1. The zero-order valence-electron chi connectivity index (χ0n) is 19.3. The van der Waals surface area contributed by atoms with Gasteiger partial charge in [-0.15, -0.1) is 0 Å². The van der Waals surface area contributed by atoms with E-state index in [2.05, 4.69) is 21.2 Å². The fourth-order valence-corrected chi connectivity index (χ4v) is 6.09. The zero-order valence-corrected chi connectivity index (χ0v) is 20.1. The summed E-state index contributed by atoms with van der Waals surface area (Å²) in [5.41, 5.74) is 0.804. The molecule has 7 nitrogen and oxygen atoms in total. The lowest BCUT2D eigenvalue weighted by molar-refractivity contribution is -0.153. The molecule has 4 saturated heterocycles. The first-order valence-corrected chi connectivity index (χ1v) is 12.9. The van der Waals surface area contributed by atoms with Gasteiger partial charge < -0.3 is 19.9 Å². The van der Waals surface area contributed by atoms with Gasteiger partial charge >= 0.3 is 5.97 Å². The Labute approximate surface area is 201 Å². The number of piperidine rings is 1. The van der Waals surface area contributed by atoms with Crippen LogP contribution in [-0.2, 0) is 14.3 Å². The Morgan fingerprint density at radius 3 is 2.64 bits per heavy atom. The standard InChI is InChI=1S/C25H35ClN4O3/c26-19-3-1-4-20(17-19)29-15-13-28(14-16-29)10-6-21-18-25(24(32)33-21)7-11-30(12-8-25)23(31)22-5-2-9-27-22/h1,3-4,17,21-22,27H,2,5-16,18H2/t21-,22?/m0/s1. The number of carbonyl (C=O) groups is 2. The van der Waals surface area contributed by atoms with E-state index < -0.39 is 0 Å². The number of hydrogen-bond acceptors (Lipinski definition) is 6. The summed E-state index contributed by atoms with van der Waals surface area (Å²) in [6.07, 6.45) is 5.16. The third-order valence-electron chi connectivity index (χ3n) is 8.03. The molecule has 1 amide bonds. The number of nitrogens with one attached hydrogen (secondary N) is 1. The maximum absolute atomic E-state index is 12.8. The van der Waals surface area contributed by atoms with Crippen LogP contribution in [0.5, 0.6) is 0 Å². The van der Waals surface area contributed by atoms with Gasteiger partial charge in [0.05, 0.1) is 11.5 Å². The van der Waals surface area contributed by atoms with Crippen LogP contribution in [0.1, 0.15) is 38.5 Å². The molecule has 1 N–H and O–H groups in total. The molecule has 8 heteroatoms. The Hall–Kier alpha value is -1.83. The number of nitrogens with zero attached hydrogens (tertiary/aromatic N) is 3. The summed E-state index contributed by atoms with van der Waals surface area (Å²) in [5, 5.41) is 4.07. The fraction of sp³-hybridized carbons (Fsp3) is 0.680. The van der Waals surface area contributed by atoms with Gasteiger partial charge in [0, 0.05) is 62.9 Å². The molecule has 1 aromatic carbocycles. The molecule has 5 rings (SSSR count). The van der Waals surface area contributed by atoms with Crippen molar-refractivity contribution in [2.45, 2.75) is 50.7 Å². The second kappa shape index (κ2) is 9.80. The van der Waals surface area contributed by atoms with Gasteiger partial charge in [0.1, 0.15) is 6.10 Å². The molecule has 4 heterocycles. The van der Waals surface area contributed by atoms with E-state index in [1.165, 1.54) is 5.69 Å². The van der Waals surface area contributed by atoms with Gasteiger partial charge in [-0.1, -0.05) is 17.7 Å². The molecule has 1 aromatic rings. The van der Waals surface area contributed by atoms with Crippen molar-refractivity contribution >= 4 is 29.2 Å². The second-order valence-corrected chi connectivity index (χ2v) is 10.5. The van der Waals surface area contributed by atoms with Crippen LogP contribution >= 0.6 is 11.6 Å². The van der Waals surface area contributed by atoms with Crippen molar-refractivity contribution < 1.29 is 14.3 Å².